The lowest BCUT2D eigenvalue weighted by atomic mass is 9.91. The molecule has 0 radical (unpaired) electrons. The zero-order valence-corrected chi connectivity index (χ0v) is 24.6. The third-order valence-electron chi connectivity index (χ3n) is 7.77. The van der Waals surface area contributed by atoms with Crippen LogP contribution in [0.15, 0.2) is 0 Å². The van der Waals surface area contributed by atoms with E-state index in [0.717, 1.165) is 23.7 Å². The van der Waals surface area contributed by atoms with Gasteiger partial charge in [0.05, 0.1) is 0 Å². The van der Waals surface area contributed by atoms with Crippen LogP contribution in [0.2, 0.25) is 0 Å². The van der Waals surface area contributed by atoms with Crippen molar-refractivity contribution in [2.75, 3.05) is 45.8 Å². The summed E-state index contributed by atoms with van der Waals surface area (Å²) in [5.74, 6) is 3.61. The number of hydrogen-bond donors (Lipinski definition) is 1. The molecule has 0 spiro atoms. The van der Waals surface area contributed by atoms with Crippen LogP contribution in [-0.2, 0) is 0 Å². The van der Waals surface area contributed by atoms with Crippen LogP contribution in [0.3, 0.4) is 0 Å². The van der Waals surface area contributed by atoms with E-state index in [1.165, 1.54) is 104 Å². The van der Waals surface area contributed by atoms with Crippen molar-refractivity contribution in [2.45, 2.75) is 126 Å². The smallest absolute Gasteiger partial charge is 0.0167 e. The van der Waals surface area contributed by atoms with E-state index in [9.17, 15) is 0 Å². The van der Waals surface area contributed by atoms with Gasteiger partial charge in [0.2, 0.25) is 0 Å². The van der Waals surface area contributed by atoms with Crippen molar-refractivity contribution in [3.63, 3.8) is 0 Å². The summed E-state index contributed by atoms with van der Waals surface area (Å²) in [6, 6.07) is 0.675. The second kappa shape index (κ2) is 21.2. The molecule has 1 aliphatic rings. The largest absolute Gasteiger partial charge is 0.312 e. The van der Waals surface area contributed by atoms with Crippen LogP contribution in [0.5, 0.6) is 0 Å². The van der Waals surface area contributed by atoms with E-state index in [1.807, 2.05) is 0 Å². The third-order valence-corrected chi connectivity index (χ3v) is 7.77. The minimum atomic E-state index is 0.675. The topological polar surface area (TPSA) is 18.5 Å². The van der Waals surface area contributed by atoms with Crippen LogP contribution in [0.4, 0.5) is 0 Å². The van der Waals surface area contributed by atoms with Crippen LogP contribution >= 0.6 is 0 Å². The maximum absolute atomic E-state index is 3.52. The van der Waals surface area contributed by atoms with Gasteiger partial charge in [-0.2, -0.15) is 0 Å². The lowest BCUT2D eigenvalue weighted by Gasteiger charge is -2.33. The van der Waals surface area contributed by atoms with E-state index in [4.69, 9.17) is 0 Å². The molecule has 1 N–H and O–H groups in total. The Kier molecular flexibility index (Phi) is 21.1. The Bertz CT molecular complexity index is 413. The van der Waals surface area contributed by atoms with Gasteiger partial charge in [-0.05, 0) is 62.9 Å². The van der Waals surface area contributed by atoms with Gasteiger partial charge in [-0.25, -0.2) is 0 Å². The zero-order chi connectivity index (χ0) is 25.1. The SMILES string of the molecule is CCCC(CC)CCC(C)CN1CCN[C@H](C)C1.CCCN(CC)C[C@H](C)CCC(C)CC. The number of nitrogens with one attached hydrogen (secondary N) is 1. The van der Waals surface area contributed by atoms with Crippen molar-refractivity contribution in [1.82, 2.24) is 15.1 Å². The number of piperazine rings is 1. The second-order valence-corrected chi connectivity index (χ2v) is 11.4. The molecule has 1 saturated heterocycles. The van der Waals surface area contributed by atoms with E-state index in [1.54, 1.807) is 0 Å². The van der Waals surface area contributed by atoms with Crippen molar-refractivity contribution in [1.29, 1.82) is 0 Å². The zero-order valence-electron chi connectivity index (χ0n) is 24.6. The van der Waals surface area contributed by atoms with Gasteiger partial charge in [0.15, 0.2) is 0 Å². The third kappa shape index (κ3) is 17.9. The first-order valence-electron chi connectivity index (χ1n) is 15.0. The molecule has 0 aromatic heterocycles. The van der Waals surface area contributed by atoms with E-state index < -0.39 is 0 Å². The Hall–Kier alpha value is -0.120. The number of hydrogen-bond acceptors (Lipinski definition) is 3. The first-order chi connectivity index (χ1) is 15.8. The Balaban J connectivity index is 0.000000633. The average molecular weight is 468 g/mol. The molecular weight excluding hydrogens is 402 g/mol. The fraction of sp³-hybridized carbons (Fsp3) is 1.00. The van der Waals surface area contributed by atoms with Crippen LogP contribution < -0.4 is 5.32 Å². The number of rotatable bonds is 17. The maximum atomic E-state index is 3.52. The summed E-state index contributed by atoms with van der Waals surface area (Å²) in [4.78, 5) is 5.23. The monoisotopic (exact) mass is 468 g/mol. The van der Waals surface area contributed by atoms with E-state index in [2.05, 4.69) is 77.4 Å². The van der Waals surface area contributed by atoms with E-state index in [-0.39, 0.29) is 0 Å². The van der Waals surface area contributed by atoms with Crippen LogP contribution in [0.1, 0.15) is 120 Å². The summed E-state index contributed by atoms with van der Waals surface area (Å²) in [5.41, 5.74) is 0. The van der Waals surface area contributed by atoms with Gasteiger partial charge in [0.25, 0.3) is 0 Å². The molecule has 0 bridgehead atoms. The molecule has 0 aliphatic carbocycles. The molecule has 0 saturated carbocycles. The molecule has 3 nitrogen and oxygen atoms in total. The first kappa shape index (κ1) is 32.9. The summed E-state index contributed by atoms with van der Waals surface area (Å²) in [5, 5.41) is 3.52. The predicted octanol–water partition coefficient (Wildman–Crippen LogP) is 7.70. The quantitative estimate of drug-likeness (QED) is 0.236. The first-order valence-corrected chi connectivity index (χ1v) is 15.0. The van der Waals surface area contributed by atoms with Crippen molar-refractivity contribution in [3.8, 4) is 0 Å². The standard InChI is InChI=1S/C16H34N2.C14H31N/c1-5-7-16(6-2)9-8-14(3)12-18-11-10-17-15(4)13-18;1-6-11-15(8-3)12-14(5)10-9-13(4)7-2/h14-17H,5-13H2,1-4H3;13-14H,6-12H2,1-5H3/t14?,15-,16?;13?,14-/m11/s1. The summed E-state index contributed by atoms with van der Waals surface area (Å²) < 4.78 is 0. The lowest BCUT2D eigenvalue weighted by Crippen LogP contribution is -2.50. The van der Waals surface area contributed by atoms with Gasteiger partial charge in [-0.3, -0.25) is 0 Å². The van der Waals surface area contributed by atoms with Crippen LogP contribution in [0.25, 0.3) is 0 Å². The van der Waals surface area contributed by atoms with Crippen molar-refractivity contribution in [2.24, 2.45) is 23.7 Å². The van der Waals surface area contributed by atoms with Gasteiger partial charge in [0.1, 0.15) is 0 Å². The minimum absolute atomic E-state index is 0.675. The molecule has 33 heavy (non-hydrogen) atoms. The molecular formula is C30H65N3. The molecule has 0 aromatic carbocycles. The van der Waals surface area contributed by atoms with E-state index >= 15 is 0 Å². The Labute approximate surface area is 210 Å². The summed E-state index contributed by atoms with van der Waals surface area (Å²) in [7, 11) is 0. The van der Waals surface area contributed by atoms with Gasteiger partial charge >= 0.3 is 0 Å². The lowest BCUT2D eigenvalue weighted by molar-refractivity contribution is 0.176. The molecule has 5 atom stereocenters. The van der Waals surface area contributed by atoms with Crippen molar-refractivity contribution < 1.29 is 0 Å². The molecule has 1 aliphatic heterocycles. The molecule has 1 heterocycles. The molecule has 200 valence electrons. The average Bonchev–Trinajstić information content (AvgIpc) is 2.80. The highest BCUT2D eigenvalue weighted by Crippen LogP contribution is 2.21. The maximum Gasteiger partial charge on any atom is 0.0167 e. The van der Waals surface area contributed by atoms with Gasteiger partial charge < -0.3 is 15.1 Å². The highest BCUT2D eigenvalue weighted by atomic mass is 15.2. The number of nitrogens with zero attached hydrogens (tertiary/aromatic N) is 2. The highest BCUT2D eigenvalue weighted by Gasteiger charge is 2.18. The predicted molar refractivity (Wildman–Crippen MR) is 151 cm³/mol. The normalized spacial score (nSPS) is 20.7. The molecule has 0 aromatic rings. The molecule has 3 unspecified atom stereocenters. The summed E-state index contributed by atoms with van der Waals surface area (Å²) in [6.07, 6.45) is 12.4. The second-order valence-electron chi connectivity index (χ2n) is 11.4. The summed E-state index contributed by atoms with van der Waals surface area (Å²) >= 11 is 0. The van der Waals surface area contributed by atoms with Crippen LogP contribution in [-0.4, -0.2) is 61.7 Å². The minimum Gasteiger partial charge on any atom is -0.312 e. The fourth-order valence-corrected chi connectivity index (χ4v) is 5.19. The van der Waals surface area contributed by atoms with Crippen molar-refractivity contribution >= 4 is 0 Å². The van der Waals surface area contributed by atoms with Gasteiger partial charge in [0, 0.05) is 38.8 Å². The van der Waals surface area contributed by atoms with Crippen LogP contribution in [0, 0.1) is 23.7 Å². The van der Waals surface area contributed by atoms with Gasteiger partial charge in [-0.15, -0.1) is 0 Å². The Morgan fingerprint density at radius 3 is 2.03 bits per heavy atom. The van der Waals surface area contributed by atoms with Crippen molar-refractivity contribution in [3.05, 3.63) is 0 Å². The summed E-state index contributed by atoms with van der Waals surface area (Å²) in [6.45, 7) is 29.7. The molecule has 1 rings (SSSR count). The molecule has 1 fully saturated rings. The van der Waals surface area contributed by atoms with Gasteiger partial charge in [-0.1, -0.05) is 93.9 Å². The molecule has 3 heteroatoms. The Morgan fingerprint density at radius 1 is 0.818 bits per heavy atom. The fourth-order valence-electron chi connectivity index (χ4n) is 5.19. The Morgan fingerprint density at radius 2 is 1.48 bits per heavy atom. The van der Waals surface area contributed by atoms with E-state index in [0.29, 0.717) is 6.04 Å². The molecule has 0 amide bonds. The highest BCUT2D eigenvalue weighted by molar-refractivity contribution is 4.76.